The third-order valence-electron chi connectivity index (χ3n) is 4.60. The van der Waals surface area contributed by atoms with Gasteiger partial charge in [-0.3, -0.25) is 10.2 Å². The standard InChI is InChI=1S/C19H22FN3O6S2/c20-16-5-7-17(8-6-16)30(25,26)22-21-19(24)9-4-15-2-1-3-18(14-15)31(27,28)23-10-12-29-13-11-23/h1-3,5-8,14,22H,4,9-13H2,(H,21,24). The van der Waals surface area contributed by atoms with Crippen LogP contribution in [0.4, 0.5) is 4.39 Å². The van der Waals surface area contributed by atoms with Crippen molar-refractivity contribution >= 4 is 26.0 Å². The maximum absolute atomic E-state index is 12.9. The number of nitrogens with zero attached hydrogens (tertiary/aromatic N) is 1. The summed E-state index contributed by atoms with van der Waals surface area (Å²) in [7, 11) is -7.69. The third kappa shape index (κ3) is 6.08. The molecule has 0 saturated carbocycles. The highest BCUT2D eigenvalue weighted by atomic mass is 32.2. The fourth-order valence-electron chi connectivity index (χ4n) is 2.91. The van der Waals surface area contributed by atoms with E-state index in [1.54, 1.807) is 12.1 Å². The van der Waals surface area contributed by atoms with E-state index in [1.807, 2.05) is 4.83 Å². The quantitative estimate of drug-likeness (QED) is 0.549. The molecule has 0 aliphatic carbocycles. The first kappa shape index (κ1) is 23.3. The summed E-state index contributed by atoms with van der Waals surface area (Å²) in [6, 6.07) is 10.4. The number of sulfonamides is 2. The van der Waals surface area contributed by atoms with Crippen LogP contribution in [0.15, 0.2) is 58.3 Å². The summed E-state index contributed by atoms with van der Waals surface area (Å²) >= 11 is 0. The van der Waals surface area contributed by atoms with Crippen LogP contribution in [-0.2, 0) is 36.0 Å². The number of benzene rings is 2. The molecule has 1 aliphatic rings. The van der Waals surface area contributed by atoms with E-state index >= 15 is 0 Å². The largest absolute Gasteiger partial charge is 0.379 e. The molecule has 0 aromatic heterocycles. The van der Waals surface area contributed by atoms with Crippen LogP contribution < -0.4 is 10.3 Å². The lowest BCUT2D eigenvalue weighted by Crippen LogP contribution is -2.41. The Morgan fingerprint density at radius 1 is 1.00 bits per heavy atom. The lowest BCUT2D eigenvalue weighted by Gasteiger charge is -2.26. The number of nitrogens with one attached hydrogen (secondary N) is 2. The predicted octanol–water partition coefficient (Wildman–Crippen LogP) is 0.789. The maximum atomic E-state index is 12.9. The fourth-order valence-corrected chi connectivity index (χ4v) is 5.25. The number of aryl methyl sites for hydroxylation is 1. The van der Waals surface area contributed by atoms with Gasteiger partial charge in [-0.05, 0) is 48.4 Å². The number of morpholine rings is 1. The first-order chi connectivity index (χ1) is 14.7. The topological polar surface area (TPSA) is 122 Å². The molecule has 1 amide bonds. The number of hydrogen-bond donors (Lipinski definition) is 2. The summed E-state index contributed by atoms with van der Waals surface area (Å²) in [6.45, 7) is 1.24. The number of carbonyl (C=O) groups is 1. The Bertz CT molecular complexity index is 1130. The predicted molar refractivity (Wildman–Crippen MR) is 109 cm³/mol. The average Bonchev–Trinajstić information content (AvgIpc) is 2.77. The Kier molecular flexibility index (Phi) is 7.38. The zero-order valence-corrected chi connectivity index (χ0v) is 18.1. The molecule has 1 aliphatic heterocycles. The lowest BCUT2D eigenvalue weighted by atomic mass is 10.1. The molecule has 0 bridgehead atoms. The minimum absolute atomic E-state index is 0.0764. The first-order valence-corrected chi connectivity index (χ1v) is 12.3. The second kappa shape index (κ2) is 9.83. The Morgan fingerprint density at radius 2 is 1.68 bits per heavy atom. The van der Waals surface area contributed by atoms with Gasteiger partial charge in [-0.2, -0.15) is 4.31 Å². The summed E-state index contributed by atoms with van der Waals surface area (Å²) in [5.41, 5.74) is 2.71. The second-order valence-corrected chi connectivity index (χ2v) is 10.4. The van der Waals surface area contributed by atoms with E-state index in [2.05, 4.69) is 5.43 Å². The summed E-state index contributed by atoms with van der Waals surface area (Å²) in [4.78, 5) is 13.9. The molecule has 31 heavy (non-hydrogen) atoms. The molecule has 0 unspecified atom stereocenters. The Balaban J connectivity index is 1.57. The third-order valence-corrected chi connectivity index (χ3v) is 7.75. The molecular weight excluding hydrogens is 449 g/mol. The second-order valence-electron chi connectivity index (χ2n) is 6.77. The summed E-state index contributed by atoms with van der Waals surface area (Å²) in [5.74, 6) is -1.19. The van der Waals surface area contributed by atoms with Crippen molar-refractivity contribution in [2.75, 3.05) is 26.3 Å². The summed E-state index contributed by atoms with van der Waals surface area (Å²) in [6.07, 6.45) is 0.129. The average molecular weight is 472 g/mol. The number of amides is 1. The van der Waals surface area contributed by atoms with E-state index in [0.717, 1.165) is 24.3 Å². The van der Waals surface area contributed by atoms with Crippen molar-refractivity contribution in [3.63, 3.8) is 0 Å². The lowest BCUT2D eigenvalue weighted by molar-refractivity contribution is -0.121. The van der Waals surface area contributed by atoms with Gasteiger partial charge in [-0.15, -0.1) is 4.83 Å². The van der Waals surface area contributed by atoms with E-state index in [-0.39, 0.29) is 35.7 Å². The molecule has 1 saturated heterocycles. The van der Waals surface area contributed by atoms with Gasteiger partial charge in [0.15, 0.2) is 0 Å². The molecule has 1 fully saturated rings. The first-order valence-electron chi connectivity index (χ1n) is 9.41. The fraction of sp³-hybridized carbons (Fsp3) is 0.316. The van der Waals surface area contributed by atoms with Gasteiger partial charge < -0.3 is 4.74 Å². The number of rotatable bonds is 8. The van der Waals surface area contributed by atoms with Gasteiger partial charge in [0.25, 0.3) is 10.0 Å². The molecule has 2 aromatic carbocycles. The number of carbonyl (C=O) groups excluding carboxylic acids is 1. The Labute approximate surface area is 180 Å². The normalized spacial score (nSPS) is 15.5. The van der Waals surface area contributed by atoms with Gasteiger partial charge in [-0.25, -0.2) is 21.2 Å². The van der Waals surface area contributed by atoms with Crippen molar-refractivity contribution in [1.29, 1.82) is 0 Å². The molecule has 1 heterocycles. The van der Waals surface area contributed by atoms with Gasteiger partial charge in [0.05, 0.1) is 23.0 Å². The zero-order chi connectivity index (χ0) is 22.5. The molecule has 0 atom stereocenters. The molecule has 0 spiro atoms. The highest BCUT2D eigenvalue weighted by Gasteiger charge is 2.26. The van der Waals surface area contributed by atoms with Crippen LogP contribution in [0, 0.1) is 5.82 Å². The molecule has 168 valence electrons. The number of hydrazine groups is 1. The van der Waals surface area contributed by atoms with E-state index < -0.39 is 31.8 Å². The zero-order valence-electron chi connectivity index (χ0n) is 16.5. The van der Waals surface area contributed by atoms with Crippen LogP contribution in [0.25, 0.3) is 0 Å². The van der Waals surface area contributed by atoms with Crippen LogP contribution in [-0.4, -0.2) is 53.4 Å². The highest BCUT2D eigenvalue weighted by Crippen LogP contribution is 2.19. The monoisotopic (exact) mass is 471 g/mol. The SMILES string of the molecule is O=C(CCc1cccc(S(=O)(=O)N2CCOCC2)c1)NNS(=O)(=O)c1ccc(F)cc1. The van der Waals surface area contributed by atoms with Crippen LogP contribution >= 0.6 is 0 Å². The van der Waals surface area contributed by atoms with Gasteiger partial charge in [0, 0.05) is 19.5 Å². The smallest absolute Gasteiger partial charge is 0.257 e. The molecule has 12 heteroatoms. The minimum Gasteiger partial charge on any atom is -0.379 e. The maximum Gasteiger partial charge on any atom is 0.257 e. The van der Waals surface area contributed by atoms with E-state index in [0.29, 0.717) is 18.8 Å². The van der Waals surface area contributed by atoms with Crippen molar-refractivity contribution < 1.29 is 30.8 Å². The van der Waals surface area contributed by atoms with Crippen LogP contribution in [0.1, 0.15) is 12.0 Å². The number of halogens is 1. The van der Waals surface area contributed by atoms with E-state index in [1.165, 1.54) is 16.4 Å². The number of ether oxygens (including phenoxy) is 1. The van der Waals surface area contributed by atoms with Crippen molar-refractivity contribution in [2.24, 2.45) is 0 Å². The Morgan fingerprint density at radius 3 is 2.35 bits per heavy atom. The summed E-state index contributed by atoms with van der Waals surface area (Å²) < 4.78 is 69.1. The van der Waals surface area contributed by atoms with Gasteiger partial charge in [-0.1, -0.05) is 12.1 Å². The van der Waals surface area contributed by atoms with Crippen LogP contribution in [0.5, 0.6) is 0 Å². The van der Waals surface area contributed by atoms with Crippen molar-refractivity contribution in [1.82, 2.24) is 14.6 Å². The van der Waals surface area contributed by atoms with Gasteiger partial charge in [0.2, 0.25) is 15.9 Å². The highest BCUT2D eigenvalue weighted by molar-refractivity contribution is 7.89. The molecule has 2 N–H and O–H groups in total. The van der Waals surface area contributed by atoms with E-state index in [4.69, 9.17) is 4.74 Å². The van der Waals surface area contributed by atoms with E-state index in [9.17, 15) is 26.0 Å². The number of hydrogen-bond acceptors (Lipinski definition) is 6. The van der Waals surface area contributed by atoms with Gasteiger partial charge >= 0.3 is 0 Å². The molecular formula is C19H22FN3O6S2. The van der Waals surface area contributed by atoms with Crippen LogP contribution in [0.3, 0.4) is 0 Å². The van der Waals surface area contributed by atoms with Crippen molar-refractivity contribution in [3.05, 3.63) is 59.9 Å². The molecule has 3 rings (SSSR count). The van der Waals surface area contributed by atoms with Crippen molar-refractivity contribution in [2.45, 2.75) is 22.6 Å². The Hall–Kier alpha value is -2.38. The molecule has 0 radical (unpaired) electrons. The van der Waals surface area contributed by atoms with Crippen LogP contribution in [0.2, 0.25) is 0 Å². The minimum atomic E-state index is -4.04. The molecule has 2 aromatic rings. The summed E-state index contributed by atoms with van der Waals surface area (Å²) in [5, 5.41) is 0. The van der Waals surface area contributed by atoms with Crippen molar-refractivity contribution in [3.8, 4) is 0 Å². The molecule has 9 nitrogen and oxygen atoms in total. The van der Waals surface area contributed by atoms with Gasteiger partial charge in [0.1, 0.15) is 5.82 Å².